The van der Waals surface area contributed by atoms with E-state index in [4.69, 9.17) is 9.47 Å². The van der Waals surface area contributed by atoms with Gasteiger partial charge in [-0.1, -0.05) is 28.1 Å². The number of aliphatic hydroxyl groups is 1. The van der Waals surface area contributed by atoms with E-state index >= 15 is 0 Å². The predicted octanol–water partition coefficient (Wildman–Crippen LogP) is 3.34. The molecule has 6 heteroatoms. The highest BCUT2D eigenvalue weighted by molar-refractivity contribution is 9.10. The van der Waals surface area contributed by atoms with Gasteiger partial charge in [-0.2, -0.15) is 0 Å². The van der Waals surface area contributed by atoms with E-state index in [1.165, 1.54) is 0 Å². The lowest BCUT2D eigenvalue weighted by Crippen LogP contribution is -2.27. The highest BCUT2D eigenvalue weighted by Crippen LogP contribution is 2.51. The van der Waals surface area contributed by atoms with Crippen molar-refractivity contribution in [1.29, 1.82) is 0 Å². The third-order valence-electron chi connectivity index (χ3n) is 4.59. The molecule has 1 amide bonds. The normalized spacial score (nSPS) is 16.8. The number of hydrogen-bond acceptors (Lipinski definition) is 4. The summed E-state index contributed by atoms with van der Waals surface area (Å²) in [5.41, 5.74) is 1.94. The van der Waals surface area contributed by atoms with Crippen LogP contribution in [0.15, 0.2) is 40.9 Å². The molecule has 1 aliphatic heterocycles. The Hall–Kier alpha value is -2.05. The number of hydrogen-bond donors (Lipinski definition) is 2. The fourth-order valence-electron chi connectivity index (χ4n) is 2.97. The molecule has 0 bridgehead atoms. The fraction of sp³-hybridized carbons (Fsp3) is 0.278. The first-order chi connectivity index (χ1) is 11.6. The summed E-state index contributed by atoms with van der Waals surface area (Å²) < 4.78 is 11.5. The predicted molar refractivity (Wildman–Crippen MR) is 92.2 cm³/mol. The Morgan fingerprint density at radius 2 is 1.96 bits per heavy atom. The van der Waals surface area contributed by atoms with E-state index < -0.39 is 5.41 Å². The molecule has 0 unspecified atom stereocenters. The van der Waals surface area contributed by atoms with Crippen molar-refractivity contribution in [2.75, 3.05) is 12.1 Å². The molecule has 2 aromatic carbocycles. The van der Waals surface area contributed by atoms with Crippen LogP contribution in [-0.2, 0) is 16.8 Å². The van der Waals surface area contributed by atoms with E-state index in [1.54, 1.807) is 18.2 Å². The van der Waals surface area contributed by atoms with Crippen LogP contribution in [-0.4, -0.2) is 17.8 Å². The Labute approximate surface area is 147 Å². The number of fused-ring (bicyclic) bond motifs is 1. The second-order valence-electron chi connectivity index (χ2n) is 6.07. The van der Waals surface area contributed by atoms with Gasteiger partial charge in [0.25, 0.3) is 0 Å². The monoisotopic (exact) mass is 389 g/mol. The zero-order valence-corrected chi connectivity index (χ0v) is 14.4. The van der Waals surface area contributed by atoms with Crippen molar-refractivity contribution >= 4 is 27.5 Å². The number of carbonyl (C=O) groups is 1. The lowest BCUT2D eigenvalue weighted by molar-refractivity contribution is -0.118. The number of ether oxygens (including phenoxy) is 2. The number of anilines is 1. The second kappa shape index (κ2) is 5.79. The average molecular weight is 390 g/mol. The quantitative estimate of drug-likeness (QED) is 0.841. The van der Waals surface area contributed by atoms with E-state index in [0.29, 0.717) is 11.4 Å². The Balaban J connectivity index is 1.56. The molecule has 0 atom stereocenters. The van der Waals surface area contributed by atoms with Crippen LogP contribution < -0.4 is 14.8 Å². The van der Waals surface area contributed by atoms with Crippen molar-refractivity contribution in [2.45, 2.75) is 24.9 Å². The summed E-state index contributed by atoms with van der Waals surface area (Å²) in [4.78, 5) is 12.8. The third-order valence-corrected chi connectivity index (χ3v) is 5.33. The van der Waals surface area contributed by atoms with E-state index in [0.717, 1.165) is 34.2 Å². The van der Waals surface area contributed by atoms with Gasteiger partial charge in [-0.15, -0.1) is 0 Å². The largest absolute Gasteiger partial charge is 0.454 e. The van der Waals surface area contributed by atoms with Crippen LogP contribution in [0.4, 0.5) is 5.69 Å². The number of nitrogens with one attached hydrogen (secondary N) is 1. The number of halogens is 1. The SMILES string of the molecule is O=C(Nc1ccc(CO)c(Br)c1)C1(c2ccc3c(c2)OCO3)CC1. The molecule has 1 saturated carbocycles. The van der Waals surface area contributed by atoms with E-state index in [-0.39, 0.29) is 19.3 Å². The van der Waals surface area contributed by atoms with E-state index in [2.05, 4.69) is 21.2 Å². The van der Waals surface area contributed by atoms with Gasteiger partial charge in [-0.25, -0.2) is 0 Å². The summed E-state index contributed by atoms with van der Waals surface area (Å²) in [6, 6.07) is 11.1. The van der Waals surface area contributed by atoms with Crippen molar-refractivity contribution in [2.24, 2.45) is 0 Å². The van der Waals surface area contributed by atoms with Crippen LogP contribution in [0.25, 0.3) is 0 Å². The molecule has 5 nitrogen and oxygen atoms in total. The van der Waals surface area contributed by atoms with Gasteiger partial charge >= 0.3 is 0 Å². The molecule has 0 spiro atoms. The summed E-state index contributed by atoms with van der Waals surface area (Å²) in [6.07, 6.45) is 1.63. The van der Waals surface area contributed by atoms with Crippen molar-refractivity contribution in [3.63, 3.8) is 0 Å². The molecule has 2 N–H and O–H groups in total. The molecule has 124 valence electrons. The molecule has 0 aromatic heterocycles. The first-order valence-electron chi connectivity index (χ1n) is 7.73. The zero-order chi connectivity index (χ0) is 16.7. The van der Waals surface area contributed by atoms with Gasteiger partial charge in [-0.05, 0) is 48.2 Å². The average Bonchev–Trinajstić information content (AvgIpc) is 3.26. The van der Waals surface area contributed by atoms with E-state index in [1.807, 2.05) is 18.2 Å². The first kappa shape index (κ1) is 15.5. The Kier molecular flexibility index (Phi) is 3.73. The van der Waals surface area contributed by atoms with Gasteiger partial charge in [0, 0.05) is 10.2 Å². The first-order valence-corrected chi connectivity index (χ1v) is 8.52. The van der Waals surface area contributed by atoms with Crippen molar-refractivity contribution in [3.05, 3.63) is 52.0 Å². The zero-order valence-electron chi connectivity index (χ0n) is 12.8. The van der Waals surface area contributed by atoms with Crippen molar-refractivity contribution in [1.82, 2.24) is 0 Å². The number of carbonyl (C=O) groups excluding carboxylic acids is 1. The molecule has 24 heavy (non-hydrogen) atoms. The molecule has 2 aliphatic rings. The molecule has 1 heterocycles. The van der Waals surface area contributed by atoms with Crippen LogP contribution in [0.3, 0.4) is 0 Å². The summed E-state index contributed by atoms with van der Waals surface area (Å²) in [5, 5.41) is 12.2. The Morgan fingerprint density at radius 1 is 1.17 bits per heavy atom. The molecule has 4 rings (SSSR count). The van der Waals surface area contributed by atoms with E-state index in [9.17, 15) is 9.90 Å². The van der Waals surface area contributed by atoms with Gasteiger partial charge in [0.1, 0.15) is 0 Å². The Morgan fingerprint density at radius 3 is 2.67 bits per heavy atom. The Bertz CT molecular complexity index is 817. The summed E-state index contributed by atoms with van der Waals surface area (Å²) >= 11 is 3.40. The second-order valence-corrected chi connectivity index (χ2v) is 6.92. The molecule has 1 fully saturated rings. The van der Waals surface area contributed by atoms with Crippen LogP contribution >= 0.6 is 15.9 Å². The molecule has 0 saturated heterocycles. The maximum absolute atomic E-state index is 12.8. The standard InChI is InChI=1S/C18H16BrNO4/c19-14-8-13(3-1-11(14)9-21)20-17(22)18(5-6-18)12-2-4-15-16(7-12)24-10-23-15/h1-4,7-8,21H,5-6,9-10H2,(H,20,22). The van der Waals surface area contributed by atoms with Crippen molar-refractivity contribution < 1.29 is 19.4 Å². The van der Waals surface area contributed by atoms with Gasteiger partial charge in [0.2, 0.25) is 12.7 Å². The molecule has 0 radical (unpaired) electrons. The van der Waals surface area contributed by atoms with Gasteiger partial charge in [0.15, 0.2) is 11.5 Å². The number of amides is 1. The third kappa shape index (κ3) is 2.56. The highest BCUT2D eigenvalue weighted by atomic mass is 79.9. The maximum atomic E-state index is 12.8. The van der Waals surface area contributed by atoms with Crippen LogP contribution in [0, 0.1) is 0 Å². The minimum absolute atomic E-state index is 0.0231. The lowest BCUT2D eigenvalue weighted by Gasteiger charge is -2.17. The molecule has 1 aliphatic carbocycles. The number of rotatable bonds is 4. The maximum Gasteiger partial charge on any atom is 0.235 e. The number of benzene rings is 2. The number of aliphatic hydroxyl groups excluding tert-OH is 1. The topological polar surface area (TPSA) is 67.8 Å². The van der Waals surface area contributed by atoms with Gasteiger partial charge in [0.05, 0.1) is 12.0 Å². The molecular weight excluding hydrogens is 374 g/mol. The molecular formula is C18H16BrNO4. The van der Waals surface area contributed by atoms with Gasteiger partial charge < -0.3 is 19.9 Å². The highest BCUT2D eigenvalue weighted by Gasteiger charge is 2.51. The van der Waals surface area contributed by atoms with Gasteiger partial charge in [-0.3, -0.25) is 4.79 Å². The summed E-state index contributed by atoms with van der Waals surface area (Å²) in [5.74, 6) is 1.39. The lowest BCUT2D eigenvalue weighted by atomic mass is 9.94. The summed E-state index contributed by atoms with van der Waals surface area (Å²) in [6.45, 7) is 0.180. The smallest absolute Gasteiger partial charge is 0.235 e. The van der Waals surface area contributed by atoms with Crippen LogP contribution in [0.1, 0.15) is 24.0 Å². The molecule has 2 aromatic rings. The minimum Gasteiger partial charge on any atom is -0.454 e. The van der Waals surface area contributed by atoms with Crippen molar-refractivity contribution in [3.8, 4) is 11.5 Å². The summed E-state index contributed by atoms with van der Waals surface area (Å²) in [7, 11) is 0. The van der Waals surface area contributed by atoms with Crippen LogP contribution in [0.5, 0.6) is 11.5 Å². The minimum atomic E-state index is -0.497. The fourth-order valence-corrected chi connectivity index (χ4v) is 3.47. The van der Waals surface area contributed by atoms with Crippen LogP contribution in [0.2, 0.25) is 0 Å².